The zero-order chi connectivity index (χ0) is 13.8. The smallest absolute Gasteiger partial charge is 0.405 e. The number of hydrogen-bond donors (Lipinski definition) is 3. The lowest BCUT2D eigenvalue weighted by Crippen LogP contribution is -2.41. The maximum atomic E-state index is 10.8. The van der Waals surface area contributed by atoms with Crippen LogP contribution >= 0.6 is 0 Å². The monoisotopic (exact) mass is 247 g/mol. The summed E-state index contributed by atoms with van der Waals surface area (Å²) in [6, 6.07) is 6.44. The minimum absolute atomic E-state index is 0.682. The third-order valence-electron chi connectivity index (χ3n) is 2.49. The van der Waals surface area contributed by atoms with Crippen molar-refractivity contribution in [2.24, 2.45) is 0 Å². The highest BCUT2D eigenvalue weighted by Gasteiger charge is 2.29. The molecule has 1 atom stereocenters. The quantitative estimate of drug-likeness (QED) is 0.717. The fourth-order valence-corrected chi connectivity index (χ4v) is 1.69. The van der Waals surface area contributed by atoms with E-state index in [1.165, 1.54) is 0 Å². The van der Waals surface area contributed by atoms with Gasteiger partial charge in [-0.05, 0) is 38.5 Å². The van der Waals surface area contributed by atoms with Crippen molar-refractivity contribution in [1.82, 2.24) is 5.32 Å². The molecule has 0 aliphatic heterocycles. The van der Waals surface area contributed by atoms with E-state index in [1.807, 2.05) is 0 Å². The molecule has 1 rings (SSSR count). The zero-order valence-corrected chi connectivity index (χ0v) is 10.7. The predicted octanol–water partition coefficient (Wildman–Crippen LogP) is 2.14. The third kappa shape index (κ3) is 3.79. The van der Waals surface area contributed by atoms with Gasteiger partial charge in [0.2, 0.25) is 0 Å². The molecule has 96 valence electrons. The summed E-state index contributed by atoms with van der Waals surface area (Å²) >= 11 is 0. The second-order valence-electron chi connectivity index (χ2n) is 4.53. The number of aliphatic hydroxyl groups is 1. The van der Waals surface area contributed by atoms with Crippen LogP contribution in [0.2, 0.25) is 0 Å². The topological polar surface area (TPSA) is 69.6 Å². The summed E-state index contributed by atoms with van der Waals surface area (Å²) in [7, 11) is 0. The first-order valence-electron chi connectivity index (χ1n) is 5.59. The molecule has 1 unspecified atom stereocenters. The van der Waals surface area contributed by atoms with Crippen molar-refractivity contribution in [3.05, 3.63) is 35.4 Å². The summed E-state index contributed by atoms with van der Waals surface area (Å²) in [5.41, 5.74) is 0.369. The number of amides is 1. The van der Waals surface area contributed by atoms with Crippen LogP contribution in [0.3, 0.4) is 0 Å². The number of nitrogens with one attached hydrogen (secondary N) is 1. The average molecular weight is 247 g/mol. The van der Waals surface area contributed by atoms with Crippen molar-refractivity contribution < 1.29 is 15.0 Å². The van der Waals surface area contributed by atoms with Crippen molar-refractivity contribution in [3.8, 4) is 11.8 Å². The highest BCUT2D eigenvalue weighted by atomic mass is 16.4. The fourth-order valence-electron chi connectivity index (χ4n) is 1.69. The van der Waals surface area contributed by atoms with Crippen LogP contribution in [0.25, 0.3) is 0 Å². The Morgan fingerprint density at radius 3 is 2.28 bits per heavy atom. The lowest BCUT2D eigenvalue weighted by Gasteiger charge is -2.29. The van der Waals surface area contributed by atoms with Crippen LogP contribution in [-0.4, -0.2) is 21.9 Å². The summed E-state index contributed by atoms with van der Waals surface area (Å²) in [6.07, 6.45) is -1.17. The standard InChI is InChI=1S/C14H17NO3/c1-4-5-10-6-8-11(9-7-10)12(14(2,3)18)15-13(16)17/h6-9,12,15,18H,1-3H3,(H,16,17). The molecular formula is C14H17NO3. The number of hydrogen-bond acceptors (Lipinski definition) is 2. The van der Waals surface area contributed by atoms with Gasteiger partial charge in [0.05, 0.1) is 11.6 Å². The van der Waals surface area contributed by atoms with Crippen molar-refractivity contribution in [2.45, 2.75) is 32.4 Å². The van der Waals surface area contributed by atoms with E-state index in [9.17, 15) is 9.90 Å². The fraction of sp³-hybridized carbons (Fsp3) is 0.357. The molecular weight excluding hydrogens is 230 g/mol. The molecule has 1 amide bonds. The number of benzene rings is 1. The van der Waals surface area contributed by atoms with Crippen LogP contribution in [0.15, 0.2) is 24.3 Å². The molecule has 0 bridgehead atoms. The molecule has 0 aliphatic rings. The zero-order valence-electron chi connectivity index (χ0n) is 10.7. The maximum absolute atomic E-state index is 10.8. The van der Waals surface area contributed by atoms with Gasteiger partial charge in [0.25, 0.3) is 0 Å². The molecule has 0 heterocycles. The normalized spacial score (nSPS) is 12.2. The van der Waals surface area contributed by atoms with Crippen LogP contribution < -0.4 is 5.32 Å². The van der Waals surface area contributed by atoms with E-state index in [0.29, 0.717) is 5.56 Å². The number of carboxylic acid groups (broad SMARTS) is 1. The van der Waals surface area contributed by atoms with E-state index in [2.05, 4.69) is 17.2 Å². The SMILES string of the molecule is CC#Cc1ccc(C(NC(=O)O)C(C)(C)O)cc1. The van der Waals surface area contributed by atoms with Crippen molar-refractivity contribution in [2.75, 3.05) is 0 Å². The summed E-state index contributed by atoms with van der Waals surface area (Å²) in [5, 5.41) is 21.1. The Hall–Kier alpha value is -1.99. The van der Waals surface area contributed by atoms with Crippen LogP contribution in [0.1, 0.15) is 37.9 Å². The number of carbonyl (C=O) groups is 1. The van der Waals surface area contributed by atoms with E-state index >= 15 is 0 Å². The molecule has 0 saturated heterocycles. The summed E-state index contributed by atoms with van der Waals surface area (Å²) in [5.74, 6) is 5.69. The van der Waals surface area contributed by atoms with Crippen molar-refractivity contribution >= 4 is 6.09 Å². The van der Waals surface area contributed by atoms with E-state index < -0.39 is 17.7 Å². The third-order valence-corrected chi connectivity index (χ3v) is 2.49. The Morgan fingerprint density at radius 1 is 1.33 bits per heavy atom. The van der Waals surface area contributed by atoms with E-state index in [0.717, 1.165) is 5.56 Å². The molecule has 0 saturated carbocycles. The molecule has 4 heteroatoms. The lowest BCUT2D eigenvalue weighted by atomic mass is 9.91. The van der Waals surface area contributed by atoms with Crippen molar-refractivity contribution in [1.29, 1.82) is 0 Å². The summed E-state index contributed by atoms with van der Waals surface area (Å²) < 4.78 is 0. The molecule has 0 fully saturated rings. The van der Waals surface area contributed by atoms with E-state index in [4.69, 9.17) is 5.11 Å². The van der Waals surface area contributed by atoms with Gasteiger partial charge in [0.1, 0.15) is 0 Å². The van der Waals surface area contributed by atoms with Gasteiger partial charge in [-0.1, -0.05) is 18.1 Å². The lowest BCUT2D eigenvalue weighted by molar-refractivity contribution is 0.0372. The average Bonchev–Trinajstić information content (AvgIpc) is 2.26. The van der Waals surface area contributed by atoms with Gasteiger partial charge < -0.3 is 15.5 Å². The van der Waals surface area contributed by atoms with Gasteiger partial charge in [0, 0.05) is 5.56 Å². The minimum Gasteiger partial charge on any atom is -0.465 e. The highest BCUT2D eigenvalue weighted by molar-refractivity contribution is 5.65. The maximum Gasteiger partial charge on any atom is 0.405 e. The van der Waals surface area contributed by atoms with E-state index in [1.54, 1.807) is 45.0 Å². The number of rotatable bonds is 3. The Kier molecular flexibility index (Phi) is 4.35. The predicted molar refractivity (Wildman–Crippen MR) is 69.2 cm³/mol. The van der Waals surface area contributed by atoms with Gasteiger partial charge in [-0.3, -0.25) is 0 Å². The molecule has 4 nitrogen and oxygen atoms in total. The van der Waals surface area contributed by atoms with Crippen LogP contribution in [0.4, 0.5) is 4.79 Å². The second kappa shape index (κ2) is 5.56. The summed E-state index contributed by atoms with van der Waals surface area (Å²) in [4.78, 5) is 10.8. The molecule has 3 N–H and O–H groups in total. The Labute approximate surface area is 107 Å². The van der Waals surface area contributed by atoms with Crippen LogP contribution in [0.5, 0.6) is 0 Å². The van der Waals surface area contributed by atoms with Gasteiger partial charge >= 0.3 is 6.09 Å². The molecule has 0 spiro atoms. The molecule has 0 aromatic heterocycles. The summed E-state index contributed by atoms with van der Waals surface area (Å²) in [6.45, 7) is 4.88. The first kappa shape index (κ1) is 14.1. The van der Waals surface area contributed by atoms with Gasteiger partial charge in [0.15, 0.2) is 0 Å². The largest absolute Gasteiger partial charge is 0.465 e. The highest BCUT2D eigenvalue weighted by Crippen LogP contribution is 2.25. The Balaban J connectivity index is 3.05. The van der Waals surface area contributed by atoms with Gasteiger partial charge in [-0.15, -0.1) is 5.92 Å². The Morgan fingerprint density at radius 2 is 1.89 bits per heavy atom. The first-order valence-corrected chi connectivity index (χ1v) is 5.59. The minimum atomic E-state index is -1.18. The second-order valence-corrected chi connectivity index (χ2v) is 4.53. The molecule has 1 aromatic rings. The molecule has 1 aromatic carbocycles. The van der Waals surface area contributed by atoms with Crippen LogP contribution in [0, 0.1) is 11.8 Å². The Bertz CT molecular complexity index is 474. The molecule has 18 heavy (non-hydrogen) atoms. The van der Waals surface area contributed by atoms with Gasteiger partial charge in [-0.2, -0.15) is 0 Å². The molecule has 0 radical (unpaired) electrons. The van der Waals surface area contributed by atoms with Gasteiger partial charge in [-0.25, -0.2) is 4.79 Å². The molecule has 0 aliphatic carbocycles. The van der Waals surface area contributed by atoms with Crippen molar-refractivity contribution in [3.63, 3.8) is 0 Å². The first-order chi connectivity index (χ1) is 8.34. The van der Waals surface area contributed by atoms with E-state index in [-0.39, 0.29) is 0 Å². The van der Waals surface area contributed by atoms with Crippen LogP contribution in [-0.2, 0) is 0 Å².